The fourth-order valence-corrected chi connectivity index (χ4v) is 7.62. The number of hydrogen-bond donors (Lipinski definition) is 5. The third kappa shape index (κ3) is 5.47. The molecule has 0 fully saturated rings. The monoisotopic (exact) mass is 499 g/mol. The zero-order valence-corrected chi connectivity index (χ0v) is 20.9. The maximum absolute atomic E-state index is 11.7. The van der Waals surface area contributed by atoms with Gasteiger partial charge in [-0.3, -0.25) is 13.7 Å². The van der Waals surface area contributed by atoms with Gasteiger partial charge >= 0.3 is 7.60 Å². The summed E-state index contributed by atoms with van der Waals surface area (Å²) in [7, 11) is -6.46. The van der Waals surface area contributed by atoms with Crippen LogP contribution in [0, 0.1) is 0 Å². The largest absolute Gasteiger partial charge is 0.496 e. The van der Waals surface area contributed by atoms with E-state index < -0.39 is 35.9 Å². The van der Waals surface area contributed by atoms with Crippen molar-refractivity contribution in [1.29, 1.82) is 0 Å². The normalized spacial score (nSPS) is 24.1. The van der Waals surface area contributed by atoms with E-state index >= 15 is 0 Å². The first kappa shape index (κ1) is 26.2. The smallest absolute Gasteiger partial charge is 0.330 e. The summed E-state index contributed by atoms with van der Waals surface area (Å²) < 4.78 is 40.0. The topological polar surface area (TPSA) is 131 Å². The fourth-order valence-electron chi connectivity index (χ4n) is 4.66. The molecule has 0 aromatic heterocycles. The fraction of sp³-hybridized carbons (Fsp3) is 0.478. The van der Waals surface area contributed by atoms with Gasteiger partial charge in [0, 0.05) is 11.1 Å². The lowest BCUT2D eigenvalue weighted by Gasteiger charge is -2.45. The van der Waals surface area contributed by atoms with Crippen LogP contribution in [0.15, 0.2) is 47.4 Å². The summed E-state index contributed by atoms with van der Waals surface area (Å²) in [6, 6.07) is 11.6. The van der Waals surface area contributed by atoms with Crippen LogP contribution in [0.2, 0.25) is 0 Å². The summed E-state index contributed by atoms with van der Waals surface area (Å²) in [6.07, 6.45) is 2.15. The Hall–Kier alpha value is -1.42. The highest BCUT2D eigenvalue weighted by Gasteiger charge is 2.48. The standard InChI is InChI=1S/C23H34NO7PS/c1-4-6-12-23(5-2)16-33(29,30)21-13-18(15-32(26,27)28)20(31-3)14-19(21)22(24(23)25)17-10-8-7-9-11-17/h7-11,13-14,22,25,29-30H,4-6,12,15-16H2,1-3H3,(H2,26,27,28)/t22-,23-/m1/s1. The molecule has 184 valence electrons. The van der Waals surface area contributed by atoms with E-state index in [-0.39, 0.29) is 22.0 Å². The Bertz CT molecular complexity index is 1010. The summed E-state index contributed by atoms with van der Waals surface area (Å²) in [4.78, 5) is 19.3. The summed E-state index contributed by atoms with van der Waals surface area (Å²) in [5, 5.41) is 13.0. The van der Waals surface area contributed by atoms with Crippen molar-refractivity contribution in [3.05, 3.63) is 59.2 Å². The maximum atomic E-state index is 11.7. The summed E-state index contributed by atoms with van der Waals surface area (Å²) >= 11 is 0. The average molecular weight is 500 g/mol. The minimum Gasteiger partial charge on any atom is -0.496 e. The molecule has 0 radical (unpaired) electrons. The quantitative estimate of drug-likeness (QED) is 0.296. The van der Waals surface area contributed by atoms with Gasteiger partial charge in [-0.25, -0.2) is 0 Å². The van der Waals surface area contributed by atoms with E-state index in [9.17, 15) is 28.7 Å². The molecule has 8 nitrogen and oxygen atoms in total. The van der Waals surface area contributed by atoms with E-state index in [1.807, 2.05) is 44.2 Å². The van der Waals surface area contributed by atoms with Gasteiger partial charge in [-0.1, -0.05) is 57.0 Å². The molecule has 1 aliphatic heterocycles. The molecule has 0 saturated carbocycles. The molecule has 0 unspecified atom stereocenters. The number of hydroxylamine groups is 2. The minimum atomic E-state index is -4.44. The van der Waals surface area contributed by atoms with Crippen molar-refractivity contribution < 1.29 is 33.4 Å². The van der Waals surface area contributed by atoms with Crippen molar-refractivity contribution in [3.63, 3.8) is 0 Å². The second-order valence-electron chi connectivity index (χ2n) is 8.68. The van der Waals surface area contributed by atoms with Gasteiger partial charge in [-0.05, 0) is 30.5 Å². The van der Waals surface area contributed by atoms with Crippen molar-refractivity contribution >= 4 is 18.2 Å². The Morgan fingerprint density at radius 2 is 1.85 bits per heavy atom. The number of hydrogen-bond acceptors (Lipinski definition) is 6. The van der Waals surface area contributed by atoms with E-state index in [1.165, 1.54) is 18.2 Å². The molecule has 3 rings (SSSR count). The number of fused-ring (bicyclic) bond motifs is 1. The number of methoxy groups -OCH3 is 1. The third-order valence-electron chi connectivity index (χ3n) is 6.41. The van der Waals surface area contributed by atoms with Crippen molar-refractivity contribution in [3.8, 4) is 5.75 Å². The average Bonchev–Trinajstić information content (AvgIpc) is 2.83. The predicted octanol–water partition coefficient (Wildman–Crippen LogP) is 5.62. The zero-order valence-electron chi connectivity index (χ0n) is 19.2. The van der Waals surface area contributed by atoms with Gasteiger partial charge in [0.15, 0.2) is 0 Å². The number of rotatable bonds is 8. The van der Waals surface area contributed by atoms with Crippen molar-refractivity contribution in [1.82, 2.24) is 5.06 Å². The minimum absolute atomic E-state index is 0.0784. The molecule has 0 spiro atoms. The van der Waals surface area contributed by atoms with Gasteiger partial charge in [0.2, 0.25) is 0 Å². The van der Waals surface area contributed by atoms with Crippen LogP contribution in [-0.4, -0.2) is 47.6 Å². The lowest BCUT2D eigenvalue weighted by atomic mass is 9.87. The van der Waals surface area contributed by atoms with Gasteiger partial charge in [0.1, 0.15) is 5.75 Å². The van der Waals surface area contributed by atoms with Crippen LogP contribution < -0.4 is 4.74 Å². The molecule has 0 aliphatic carbocycles. The molecule has 5 N–H and O–H groups in total. The van der Waals surface area contributed by atoms with Gasteiger partial charge in [-0.15, -0.1) is 0 Å². The van der Waals surface area contributed by atoms with Crippen LogP contribution in [0.25, 0.3) is 0 Å². The molecule has 33 heavy (non-hydrogen) atoms. The summed E-state index contributed by atoms with van der Waals surface area (Å²) in [5.74, 6) is 0.143. The van der Waals surface area contributed by atoms with Crippen LogP contribution >= 0.6 is 18.2 Å². The lowest BCUT2D eigenvalue weighted by molar-refractivity contribution is -0.193. The van der Waals surface area contributed by atoms with E-state index in [1.54, 1.807) is 6.07 Å². The first-order chi connectivity index (χ1) is 15.5. The van der Waals surface area contributed by atoms with E-state index in [0.717, 1.165) is 18.4 Å². The molecule has 1 heterocycles. The van der Waals surface area contributed by atoms with E-state index in [2.05, 4.69) is 0 Å². The zero-order chi connectivity index (χ0) is 24.4. The number of ether oxygens (including phenoxy) is 1. The number of nitrogens with zero attached hydrogens (tertiary/aromatic N) is 1. The molecule has 0 saturated heterocycles. The number of unbranched alkanes of at least 4 members (excludes halogenated alkanes) is 1. The SMILES string of the molecule is CCCC[C@]1(CC)CS(O)(O)c2cc(CP(=O)(O)O)c(OC)cc2[C@@H](c2ccccc2)N1O. The Morgan fingerprint density at radius 1 is 1.18 bits per heavy atom. The summed E-state index contributed by atoms with van der Waals surface area (Å²) in [6.45, 7) is 3.97. The molecule has 2 atom stereocenters. The molecular formula is C23H34NO7PS. The molecule has 2 aromatic rings. The van der Waals surface area contributed by atoms with Crippen LogP contribution in [0.4, 0.5) is 0 Å². The van der Waals surface area contributed by atoms with E-state index in [0.29, 0.717) is 18.4 Å². The third-order valence-corrected chi connectivity index (χ3v) is 9.16. The predicted molar refractivity (Wildman–Crippen MR) is 129 cm³/mol. The molecule has 0 bridgehead atoms. The second kappa shape index (κ2) is 10.1. The highest BCUT2D eigenvalue weighted by atomic mass is 32.3. The van der Waals surface area contributed by atoms with Crippen LogP contribution in [0.5, 0.6) is 5.75 Å². The Balaban J connectivity index is 2.32. The molecular weight excluding hydrogens is 465 g/mol. The van der Waals surface area contributed by atoms with Crippen molar-refractivity contribution in [2.45, 2.75) is 62.2 Å². The first-order valence-electron chi connectivity index (χ1n) is 11.0. The second-order valence-corrected chi connectivity index (χ2v) is 12.4. The van der Waals surface area contributed by atoms with Gasteiger partial charge in [-0.2, -0.15) is 15.7 Å². The highest BCUT2D eigenvalue weighted by molar-refractivity contribution is 8.24. The molecule has 10 heteroatoms. The Kier molecular flexibility index (Phi) is 7.98. The van der Waals surface area contributed by atoms with E-state index in [4.69, 9.17) is 4.74 Å². The Morgan fingerprint density at radius 3 is 2.39 bits per heavy atom. The first-order valence-corrected chi connectivity index (χ1v) is 14.5. The van der Waals surface area contributed by atoms with Crippen molar-refractivity contribution in [2.24, 2.45) is 0 Å². The number of benzene rings is 2. The summed E-state index contributed by atoms with van der Waals surface area (Å²) in [5.41, 5.74) is 0.503. The van der Waals surface area contributed by atoms with Crippen LogP contribution in [-0.2, 0) is 10.7 Å². The highest BCUT2D eigenvalue weighted by Crippen LogP contribution is 2.60. The van der Waals surface area contributed by atoms with Crippen LogP contribution in [0.1, 0.15) is 62.3 Å². The van der Waals surface area contributed by atoms with Gasteiger partial charge < -0.3 is 19.7 Å². The lowest BCUT2D eigenvalue weighted by Crippen LogP contribution is -2.50. The molecule has 1 aliphatic rings. The van der Waals surface area contributed by atoms with Crippen LogP contribution in [0.3, 0.4) is 0 Å². The Labute approximate surface area is 196 Å². The maximum Gasteiger partial charge on any atom is 0.330 e. The van der Waals surface area contributed by atoms with Crippen molar-refractivity contribution in [2.75, 3.05) is 12.9 Å². The molecule has 0 amide bonds. The van der Waals surface area contributed by atoms with Gasteiger partial charge in [0.25, 0.3) is 0 Å². The molecule has 2 aromatic carbocycles. The van der Waals surface area contributed by atoms with Gasteiger partial charge in [0.05, 0.1) is 35.5 Å².